The van der Waals surface area contributed by atoms with E-state index in [4.69, 9.17) is 0 Å². The maximum atomic E-state index is 12.8. The van der Waals surface area contributed by atoms with Gasteiger partial charge in [0.25, 0.3) is 0 Å². The topological polar surface area (TPSA) is 12.0 Å². The molecule has 1 atom stereocenters. The van der Waals surface area contributed by atoms with Crippen LogP contribution in [0.15, 0.2) is 24.3 Å². The second-order valence-electron chi connectivity index (χ2n) is 4.86. The normalized spacial score (nSPS) is 20.1. The third kappa shape index (κ3) is 2.46. The van der Waals surface area contributed by atoms with Gasteiger partial charge in [0.1, 0.15) is 5.54 Å². The second kappa shape index (κ2) is 4.02. The molecule has 0 bridgehead atoms. The second-order valence-corrected chi connectivity index (χ2v) is 4.86. The van der Waals surface area contributed by atoms with E-state index in [9.17, 15) is 13.2 Å². The zero-order valence-corrected chi connectivity index (χ0v) is 9.93. The lowest BCUT2D eigenvalue weighted by atomic mass is 10.0. The average molecular weight is 243 g/mol. The highest BCUT2D eigenvalue weighted by Crippen LogP contribution is 2.50. The fourth-order valence-corrected chi connectivity index (χ4v) is 2.07. The van der Waals surface area contributed by atoms with E-state index in [1.807, 2.05) is 31.2 Å². The molecule has 0 radical (unpaired) electrons. The van der Waals surface area contributed by atoms with Gasteiger partial charge in [-0.2, -0.15) is 13.2 Å². The first-order valence-corrected chi connectivity index (χ1v) is 5.75. The molecule has 4 heteroatoms. The van der Waals surface area contributed by atoms with Crippen LogP contribution in [0, 0.1) is 6.92 Å². The van der Waals surface area contributed by atoms with Crippen LogP contribution in [-0.4, -0.2) is 11.7 Å². The molecule has 0 aliphatic heterocycles. The minimum Gasteiger partial charge on any atom is -0.297 e. The Balaban J connectivity index is 2.10. The molecule has 1 N–H and O–H groups in total. The van der Waals surface area contributed by atoms with E-state index >= 15 is 0 Å². The van der Waals surface area contributed by atoms with E-state index < -0.39 is 11.7 Å². The molecule has 1 nitrogen and oxygen atoms in total. The third-order valence-corrected chi connectivity index (χ3v) is 3.33. The Morgan fingerprint density at radius 1 is 1.29 bits per heavy atom. The van der Waals surface area contributed by atoms with Crippen molar-refractivity contribution in [2.24, 2.45) is 0 Å². The molecular weight excluding hydrogens is 227 g/mol. The SMILES string of the molecule is Cc1cccc(C(C)NC2(C(F)(F)F)CC2)c1. The van der Waals surface area contributed by atoms with Crippen LogP contribution in [0.5, 0.6) is 0 Å². The number of nitrogens with one attached hydrogen (secondary N) is 1. The molecule has 1 unspecified atom stereocenters. The summed E-state index contributed by atoms with van der Waals surface area (Å²) in [6.07, 6.45) is -3.77. The molecule has 1 aromatic carbocycles. The lowest BCUT2D eigenvalue weighted by Crippen LogP contribution is -2.45. The van der Waals surface area contributed by atoms with Crippen molar-refractivity contribution in [3.8, 4) is 0 Å². The van der Waals surface area contributed by atoms with Gasteiger partial charge in [-0.1, -0.05) is 29.8 Å². The number of alkyl halides is 3. The number of hydrogen-bond donors (Lipinski definition) is 1. The van der Waals surface area contributed by atoms with Crippen LogP contribution in [0.3, 0.4) is 0 Å². The molecule has 1 fully saturated rings. The molecule has 0 spiro atoms. The highest BCUT2D eigenvalue weighted by Gasteiger charge is 2.63. The fraction of sp³-hybridized carbons (Fsp3) is 0.538. The van der Waals surface area contributed by atoms with Crippen molar-refractivity contribution in [2.45, 2.75) is 44.4 Å². The zero-order valence-electron chi connectivity index (χ0n) is 9.93. The van der Waals surface area contributed by atoms with Crippen LogP contribution >= 0.6 is 0 Å². The Bertz CT molecular complexity index is 407. The minimum atomic E-state index is -4.15. The summed E-state index contributed by atoms with van der Waals surface area (Å²) in [6, 6.07) is 7.31. The molecule has 1 saturated carbocycles. The average Bonchev–Trinajstić information content (AvgIpc) is 2.98. The van der Waals surface area contributed by atoms with Crippen molar-refractivity contribution in [1.29, 1.82) is 0 Å². The highest BCUT2D eigenvalue weighted by atomic mass is 19.4. The van der Waals surface area contributed by atoms with E-state index in [1.165, 1.54) is 0 Å². The standard InChI is InChI=1S/C13H16F3N/c1-9-4-3-5-11(8-9)10(2)17-12(6-7-12)13(14,15)16/h3-5,8,10,17H,6-7H2,1-2H3. The molecule has 0 amide bonds. The highest BCUT2D eigenvalue weighted by molar-refractivity contribution is 5.26. The van der Waals surface area contributed by atoms with Crippen LogP contribution in [0.4, 0.5) is 13.2 Å². The molecule has 1 aliphatic carbocycles. The maximum absolute atomic E-state index is 12.8. The summed E-state index contributed by atoms with van der Waals surface area (Å²) in [5.74, 6) is 0. The summed E-state index contributed by atoms with van der Waals surface area (Å²) in [5.41, 5.74) is 0.324. The predicted molar refractivity (Wildman–Crippen MR) is 60.7 cm³/mol. The number of benzene rings is 1. The van der Waals surface area contributed by atoms with Crippen LogP contribution in [-0.2, 0) is 0 Å². The van der Waals surface area contributed by atoms with Crippen LogP contribution in [0.25, 0.3) is 0 Å². The van der Waals surface area contributed by atoms with Gasteiger partial charge in [0.2, 0.25) is 0 Å². The first-order valence-electron chi connectivity index (χ1n) is 5.75. The first-order chi connectivity index (χ1) is 7.84. The molecule has 94 valence electrons. The fourth-order valence-electron chi connectivity index (χ4n) is 2.07. The Morgan fingerprint density at radius 2 is 1.94 bits per heavy atom. The van der Waals surface area contributed by atoms with Gasteiger partial charge in [0, 0.05) is 6.04 Å². The van der Waals surface area contributed by atoms with E-state index in [1.54, 1.807) is 6.92 Å². The first kappa shape index (κ1) is 12.4. The van der Waals surface area contributed by atoms with Gasteiger partial charge in [-0.05, 0) is 32.3 Å². The zero-order chi connectivity index (χ0) is 12.7. The Labute approximate surface area is 99.0 Å². The van der Waals surface area contributed by atoms with E-state index in [0.717, 1.165) is 11.1 Å². The van der Waals surface area contributed by atoms with Crippen molar-refractivity contribution in [3.05, 3.63) is 35.4 Å². The smallest absolute Gasteiger partial charge is 0.297 e. The molecular formula is C13H16F3N. The number of aryl methyl sites for hydroxylation is 1. The van der Waals surface area contributed by atoms with Gasteiger partial charge < -0.3 is 0 Å². The number of hydrogen-bond acceptors (Lipinski definition) is 1. The summed E-state index contributed by atoms with van der Waals surface area (Å²) in [4.78, 5) is 0. The van der Waals surface area contributed by atoms with Gasteiger partial charge in [0.05, 0.1) is 0 Å². The van der Waals surface area contributed by atoms with Crippen molar-refractivity contribution in [1.82, 2.24) is 5.32 Å². The van der Waals surface area contributed by atoms with Crippen LogP contribution in [0.2, 0.25) is 0 Å². The third-order valence-electron chi connectivity index (χ3n) is 3.33. The molecule has 0 saturated heterocycles. The van der Waals surface area contributed by atoms with Crippen molar-refractivity contribution in [2.75, 3.05) is 0 Å². The molecule has 1 aliphatic rings. The molecule has 0 aromatic heterocycles. The summed E-state index contributed by atoms with van der Waals surface area (Å²) in [5, 5.41) is 2.73. The van der Waals surface area contributed by atoms with Gasteiger partial charge in [0.15, 0.2) is 0 Å². The van der Waals surface area contributed by atoms with Crippen molar-refractivity contribution in [3.63, 3.8) is 0 Å². The van der Waals surface area contributed by atoms with E-state index in [-0.39, 0.29) is 18.9 Å². The van der Waals surface area contributed by atoms with Gasteiger partial charge in [-0.15, -0.1) is 0 Å². The van der Waals surface area contributed by atoms with Crippen molar-refractivity contribution < 1.29 is 13.2 Å². The largest absolute Gasteiger partial charge is 0.406 e. The van der Waals surface area contributed by atoms with Crippen LogP contribution in [0.1, 0.15) is 36.9 Å². The summed E-state index contributed by atoms with van der Waals surface area (Å²) in [7, 11) is 0. The molecule has 1 aromatic rings. The van der Waals surface area contributed by atoms with Gasteiger partial charge >= 0.3 is 6.18 Å². The Morgan fingerprint density at radius 3 is 2.41 bits per heavy atom. The summed E-state index contributed by atoms with van der Waals surface area (Å²) < 4.78 is 38.4. The predicted octanol–water partition coefficient (Wildman–Crippen LogP) is 3.74. The minimum absolute atomic E-state index is 0.187. The quantitative estimate of drug-likeness (QED) is 0.852. The van der Waals surface area contributed by atoms with Gasteiger partial charge in [-0.3, -0.25) is 5.32 Å². The molecule has 0 heterocycles. The van der Waals surface area contributed by atoms with E-state index in [0.29, 0.717) is 0 Å². The number of rotatable bonds is 3. The van der Waals surface area contributed by atoms with Gasteiger partial charge in [-0.25, -0.2) is 0 Å². The van der Waals surface area contributed by atoms with Crippen LogP contribution < -0.4 is 5.32 Å². The lowest BCUT2D eigenvalue weighted by Gasteiger charge is -2.25. The molecule has 17 heavy (non-hydrogen) atoms. The Hall–Kier alpha value is -1.03. The van der Waals surface area contributed by atoms with E-state index in [2.05, 4.69) is 5.32 Å². The maximum Gasteiger partial charge on any atom is 0.406 e. The number of halogens is 3. The summed E-state index contributed by atoms with van der Waals surface area (Å²) in [6.45, 7) is 3.72. The lowest BCUT2D eigenvalue weighted by molar-refractivity contribution is -0.167. The monoisotopic (exact) mass is 243 g/mol. The van der Waals surface area contributed by atoms with Crippen molar-refractivity contribution >= 4 is 0 Å². The Kier molecular flexibility index (Phi) is 2.94. The summed E-state index contributed by atoms with van der Waals surface area (Å²) >= 11 is 0. The molecule has 2 rings (SSSR count).